The standard InChI is InChI=1S/C14H12ClN5O/c15-11-7-10(5-6-14(11)21)8-16-12-3-1-2-4-13(12)20-9-17-18-19-20/h1-7,9,16,21H,8H2. The molecule has 6 nitrogen and oxygen atoms in total. The lowest BCUT2D eigenvalue weighted by atomic mass is 10.2. The molecule has 7 heteroatoms. The van der Waals surface area contributed by atoms with Crippen LogP contribution in [0.15, 0.2) is 48.8 Å². The first kappa shape index (κ1) is 13.4. The summed E-state index contributed by atoms with van der Waals surface area (Å²) in [5.41, 5.74) is 2.71. The molecule has 106 valence electrons. The van der Waals surface area contributed by atoms with E-state index in [1.165, 1.54) is 6.33 Å². The van der Waals surface area contributed by atoms with Crippen LogP contribution < -0.4 is 5.32 Å². The highest BCUT2D eigenvalue weighted by molar-refractivity contribution is 6.32. The highest BCUT2D eigenvalue weighted by atomic mass is 35.5. The Balaban J connectivity index is 1.81. The van der Waals surface area contributed by atoms with Crippen LogP contribution in [0.1, 0.15) is 5.56 Å². The molecule has 0 aliphatic rings. The molecule has 1 aromatic heterocycles. The number of halogens is 1. The molecule has 0 aliphatic heterocycles. The van der Waals surface area contributed by atoms with Gasteiger partial charge >= 0.3 is 0 Å². The number of phenolic OH excluding ortho intramolecular Hbond substituents is 1. The molecule has 3 rings (SSSR count). The van der Waals surface area contributed by atoms with Crippen molar-refractivity contribution < 1.29 is 5.11 Å². The van der Waals surface area contributed by atoms with Crippen LogP contribution in [0, 0.1) is 0 Å². The van der Waals surface area contributed by atoms with Crippen molar-refractivity contribution in [3.05, 3.63) is 59.4 Å². The Morgan fingerprint density at radius 2 is 2.05 bits per heavy atom. The van der Waals surface area contributed by atoms with Gasteiger partial charge in [0.05, 0.1) is 16.4 Å². The number of phenols is 1. The molecule has 0 fully saturated rings. The molecule has 2 aromatic carbocycles. The predicted molar refractivity (Wildman–Crippen MR) is 79.6 cm³/mol. The van der Waals surface area contributed by atoms with Crippen LogP contribution in [0.25, 0.3) is 5.69 Å². The molecule has 0 spiro atoms. The summed E-state index contributed by atoms with van der Waals surface area (Å²) < 4.78 is 1.59. The normalized spacial score (nSPS) is 10.5. The second-order valence-electron chi connectivity index (χ2n) is 4.41. The molecular weight excluding hydrogens is 290 g/mol. The number of hydrogen-bond donors (Lipinski definition) is 2. The summed E-state index contributed by atoms with van der Waals surface area (Å²) in [6.07, 6.45) is 1.54. The molecule has 0 bridgehead atoms. The first-order valence-electron chi connectivity index (χ1n) is 6.28. The van der Waals surface area contributed by atoms with Gasteiger partial charge in [-0.2, -0.15) is 4.68 Å². The predicted octanol–water partition coefficient (Wildman–Crippen LogP) is 2.63. The fraction of sp³-hybridized carbons (Fsp3) is 0.0714. The van der Waals surface area contributed by atoms with E-state index in [9.17, 15) is 5.11 Å². The Kier molecular flexibility index (Phi) is 3.70. The van der Waals surface area contributed by atoms with Gasteiger partial charge in [-0.3, -0.25) is 0 Å². The van der Waals surface area contributed by atoms with Crippen molar-refractivity contribution in [2.24, 2.45) is 0 Å². The Bertz CT molecular complexity index is 745. The highest BCUT2D eigenvalue weighted by Gasteiger charge is 2.06. The number of nitrogens with one attached hydrogen (secondary N) is 1. The summed E-state index contributed by atoms with van der Waals surface area (Å²) in [7, 11) is 0. The van der Waals surface area contributed by atoms with Crippen molar-refractivity contribution in [2.75, 3.05) is 5.32 Å². The van der Waals surface area contributed by atoms with Crippen LogP contribution in [0.2, 0.25) is 5.02 Å². The van der Waals surface area contributed by atoms with Gasteiger partial charge in [-0.25, -0.2) is 0 Å². The first-order chi connectivity index (χ1) is 10.2. The van der Waals surface area contributed by atoms with Crippen molar-refractivity contribution in [2.45, 2.75) is 6.54 Å². The van der Waals surface area contributed by atoms with Crippen molar-refractivity contribution >= 4 is 17.3 Å². The van der Waals surface area contributed by atoms with Crippen molar-refractivity contribution in [3.63, 3.8) is 0 Å². The van der Waals surface area contributed by atoms with Crippen LogP contribution in [0.3, 0.4) is 0 Å². The van der Waals surface area contributed by atoms with Gasteiger partial charge in [0.1, 0.15) is 12.1 Å². The van der Waals surface area contributed by atoms with Gasteiger partial charge in [-0.1, -0.05) is 29.8 Å². The fourth-order valence-electron chi connectivity index (χ4n) is 1.95. The zero-order chi connectivity index (χ0) is 14.7. The molecular formula is C14H12ClN5O. The van der Waals surface area contributed by atoms with E-state index < -0.39 is 0 Å². The number of rotatable bonds is 4. The third-order valence-corrected chi connectivity index (χ3v) is 3.30. The molecule has 0 unspecified atom stereocenters. The van der Waals surface area contributed by atoms with E-state index >= 15 is 0 Å². The van der Waals surface area contributed by atoms with E-state index in [1.54, 1.807) is 16.8 Å². The van der Waals surface area contributed by atoms with Crippen LogP contribution in [0.5, 0.6) is 5.75 Å². The van der Waals surface area contributed by atoms with E-state index in [4.69, 9.17) is 11.6 Å². The number of anilines is 1. The first-order valence-corrected chi connectivity index (χ1v) is 6.65. The largest absolute Gasteiger partial charge is 0.506 e. The maximum Gasteiger partial charge on any atom is 0.143 e. The molecule has 3 aromatic rings. The zero-order valence-electron chi connectivity index (χ0n) is 10.9. The van der Waals surface area contributed by atoms with Crippen molar-refractivity contribution in [1.82, 2.24) is 20.2 Å². The van der Waals surface area contributed by atoms with Crippen LogP contribution in [0.4, 0.5) is 5.69 Å². The lowest BCUT2D eigenvalue weighted by molar-refractivity contribution is 0.475. The highest BCUT2D eigenvalue weighted by Crippen LogP contribution is 2.25. The van der Waals surface area contributed by atoms with E-state index in [0.717, 1.165) is 16.9 Å². The van der Waals surface area contributed by atoms with E-state index in [1.807, 2.05) is 30.3 Å². The van der Waals surface area contributed by atoms with Gasteiger partial charge in [-0.05, 0) is 40.3 Å². The molecule has 0 saturated heterocycles. The van der Waals surface area contributed by atoms with Crippen molar-refractivity contribution in [1.29, 1.82) is 0 Å². The number of para-hydroxylation sites is 2. The maximum absolute atomic E-state index is 9.42. The molecule has 0 aliphatic carbocycles. The molecule has 0 amide bonds. The number of hydrogen-bond acceptors (Lipinski definition) is 5. The number of benzene rings is 2. The minimum absolute atomic E-state index is 0.0782. The van der Waals surface area contributed by atoms with E-state index in [-0.39, 0.29) is 5.75 Å². The smallest absolute Gasteiger partial charge is 0.143 e. The second kappa shape index (κ2) is 5.80. The lowest BCUT2D eigenvalue weighted by Crippen LogP contribution is -2.05. The minimum atomic E-state index is 0.0782. The third-order valence-electron chi connectivity index (χ3n) is 2.99. The molecule has 2 N–H and O–H groups in total. The van der Waals surface area contributed by atoms with E-state index in [0.29, 0.717) is 11.6 Å². The Morgan fingerprint density at radius 1 is 1.19 bits per heavy atom. The molecule has 0 radical (unpaired) electrons. The topological polar surface area (TPSA) is 75.9 Å². The number of tetrazole rings is 1. The van der Waals surface area contributed by atoms with Gasteiger partial charge in [0.15, 0.2) is 0 Å². The summed E-state index contributed by atoms with van der Waals surface area (Å²) in [5.74, 6) is 0.0782. The fourth-order valence-corrected chi connectivity index (χ4v) is 2.16. The van der Waals surface area contributed by atoms with Crippen LogP contribution in [-0.4, -0.2) is 25.3 Å². The van der Waals surface area contributed by atoms with Gasteiger partial charge in [0.25, 0.3) is 0 Å². The minimum Gasteiger partial charge on any atom is -0.506 e. The molecule has 0 saturated carbocycles. The number of aromatic nitrogens is 4. The monoisotopic (exact) mass is 301 g/mol. The lowest BCUT2D eigenvalue weighted by Gasteiger charge is -2.11. The van der Waals surface area contributed by atoms with Crippen LogP contribution >= 0.6 is 11.6 Å². The number of aromatic hydroxyl groups is 1. The van der Waals surface area contributed by atoms with Gasteiger partial charge in [-0.15, -0.1) is 5.10 Å². The summed E-state index contributed by atoms with van der Waals surface area (Å²) in [4.78, 5) is 0. The van der Waals surface area contributed by atoms with Crippen molar-refractivity contribution in [3.8, 4) is 11.4 Å². The van der Waals surface area contributed by atoms with Gasteiger partial charge in [0, 0.05) is 6.54 Å². The zero-order valence-corrected chi connectivity index (χ0v) is 11.7. The second-order valence-corrected chi connectivity index (χ2v) is 4.82. The van der Waals surface area contributed by atoms with Gasteiger partial charge in [0.2, 0.25) is 0 Å². The summed E-state index contributed by atoms with van der Waals surface area (Å²) in [6.45, 7) is 0.569. The molecule has 21 heavy (non-hydrogen) atoms. The third kappa shape index (κ3) is 2.95. The quantitative estimate of drug-likeness (QED) is 0.775. The Labute approximate surface area is 126 Å². The molecule has 1 heterocycles. The Hall–Kier alpha value is -2.60. The maximum atomic E-state index is 9.42. The van der Waals surface area contributed by atoms with Crippen LogP contribution in [-0.2, 0) is 6.54 Å². The summed E-state index contributed by atoms with van der Waals surface area (Å²) >= 11 is 5.90. The SMILES string of the molecule is Oc1ccc(CNc2ccccc2-n2cnnn2)cc1Cl. The Morgan fingerprint density at radius 3 is 2.81 bits per heavy atom. The number of nitrogens with zero attached hydrogens (tertiary/aromatic N) is 4. The average molecular weight is 302 g/mol. The van der Waals surface area contributed by atoms with E-state index in [2.05, 4.69) is 20.8 Å². The summed E-state index contributed by atoms with van der Waals surface area (Å²) in [5, 5.41) is 24.2. The average Bonchev–Trinajstić information content (AvgIpc) is 3.03. The molecule has 0 atom stereocenters. The van der Waals surface area contributed by atoms with Gasteiger partial charge < -0.3 is 10.4 Å². The summed E-state index contributed by atoms with van der Waals surface area (Å²) in [6, 6.07) is 12.8.